The fourth-order valence-corrected chi connectivity index (χ4v) is 4.74. The van der Waals surface area contributed by atoms with Crippen LogP contribution >= 0.6 is 23.1 Å². The van der Waals surface area contributed by atoms with Crippen molar-refractivity contribution in [3.05, 3.63) is 72.5 Å². The first-order valence-electron chi connectivity index (χ1n) is 9.45. The quantitative estimate of drug-likeness (QED) is 0.389. The van der Waals surface area contributed by atoms with E-state index in [1.807, 2.05) is 24.3 Å². The summed E-state index contributed by atoms with van der Waals surface area (Å²) in [6.45, 7) is 0.522. The number of nitrogens with one attached hydrogen (secondary N) is 1. The molecule has 0 saturated carbocycles. The van der Waals surface area contributed by atoms with Crippen LogP contribution in [0.2, 0.25) is 0 Å². The third kappa shape index (κ3) is 4.42. The molecule has 0 radical (unpaired) electrons. The van der Waals surface area contributed by atoms with Crippen molar-refractivity contribution in [2.45, 2.75) is 23.3 Å². The number of hydrazone groups is 1. The zero-order valence-electron chi connectivity index (χ0n) is 16.1. The molecule has 0 bridgehead atoms. The summed E-state index contributed by atoms with van der Waals surface area (Å²) >= 11 is 2.71. The number of rotatable bonds is 8. The van der Waals surface area contributed by atoms with E-state index in [9.17, 15) is 4.79 Å². The number of carbonyl (C=O) groups excluding carboxylic acids is 1. The molecule has 1 N–H and O–H groups in total. The first-order valence-corrected chi connectivity index (χ1v) is 11.3. The second kappa shape index (κ2) is 8.82. The summed E-state index contributed by atoms with van der Waals surface area (Å²) < 4.78 is 17.0. The van der Waals surface area contributed by atoms with Gasteiger partial charge in [0.25, 0.3) is 5.91 Å². The van der Waals surface area contributed by atoms with Crippen LogP contribution in [-0.4, -0.2) is 32.6 Å². The largest absolute Gasteiger partial charge is 0.467 e. The number of aromatic nitrogens is 2. The molecule has 1 aliphatic heterocycles. The highest BCUT2D eigenvalue weighted by Crippen LogP contribution is 2.34. The molecule has 11 heteroatoms. The number of hydrogen-bond donors (Lipinski definition) is 1. The zero-order chi connectivity index (χ0) is 21.0. The average Bonchev–Trinajstić information content (AvgIpc) is 3.62. The number of anilines is 1. The fourth-order valence-electron chi connectivity index (χ4n) is 3.14. The molecule has 0 aliphatic carbocycles. The summed E-state index contributed by atoms with van der Waals surface area (Å²) in [7, 11) is 0. The fraction of sp³-hybridized carbons (Fsp3) is 0.200. The van der Waals surface area contributed by atoms with Crippen LogP contribution in [-0.2, 0) is 11.3 Å². The van der Waals surface area contributed by atoms with Crippen molar-refractivity contribution in [2.24, 2.45) is 5.10 Å². The van der Waals surface area contributed by atoms with Gasteiger partial charge in [0, 0.05) is 6.42 Å². The van der Waals surface area contributed by atoms with Crippen molar-refractivity contribution in [3.8, 4) is 0 Å². The van der Waals surface area contributed by atoms with Crippen LogP contribution in [0.3, 0.4) is 0 Å². The molecule has 4 aromatic rings. The average molecular weight is 456 g/mol. The van der Waals surface area contributed by atoms with Gasteiger partial charge in [-0.3, -0.25) is 4.79 Å². The van der Waals surface area contributed by atoms with E-state index in [1.54, 1.807) is 30.9 Å². The molecule has 0 fully saturated rings. The van der Waals surface area contributed by atoms with Gasteiger partial charge < -0.3 is 18.6 Å². The van der Waals surface area contributed by atoms with Crippen LogP contribution in [0.15, 0.2) is 77.9 Å². The van der Waals surface area contributed by atoms with Gasteiger partial charge in [0.2, 0.25) is 5.13 Å². The molecule has 0 spiro atoms. The van der Waals surface area contributed by atoms with Crippen molar-refractivity contribution in [1.82, 2.24) is 15.2 Å². The van der Waals surface area contributed by atoms with Gasteiger partial charge in [-0.05, 0) is 36.4 Å². The van der Waals surface area contributed by atoms with E-state index in [-0.39, 0.29) is 17.7 Å². The van der Waals surface area contributed by atoms with Crippen LogP contribution in [0.4, 0.5) is 5.13 Å². The Hall–Kier alpha value is -3.31. The number of carbonyl (C=O) groups is 1. The molecule has 1 aliphatic rings. The Morgan fingerprint density at radius 1 is 1.13 bits per heavy atom. The van der Waals surface area contributed by atoms with E-state index in [0.717, 1.165) is 5.76 Å². The highest BCUT2D eigenvalue weighted by Gasteiger charge is 2.35. The molecule has 5 heterocycles. The van der Waals surface area contributed by atoms with Crippen molar-refractivity contribution >= 4 is 39.8 Å². The van der Waals surface area contributed by atoms with Gasteiger partial charge in [0.1, 0.15) is 29.0 Å². The Morgan fingerprint density at radius 3 is 2.74 bits per heavy atom. The van der Waals surface area contributed by atoms with Crippen molar-refractivity contribution < 1.29 is 18.0 Å². The third-order valence-electron chi connectivity index (χ3n) is 4.56. The molecular formula is C20H17N5O4S2. The molecule has 5 rings (SSSR count). The third-order valence-corrected chi connectivity index (χ3v) is 6.56. The number of amides is 1. The first-order chi connectivity index (χ1) is 15.3. The van der Waals surface area contributed by atoms with Crippen molar-refractivity contribution in [3.63, 3.8) is 0 Å². The number of nitrogens with zero attached hydrogens (tertiary/aromatic N) is 4. The molecule has 9 nitrogen and oxygen atoms in total. The minimum atomic E-state index is -0.303. The Bertz CT molecular complexity index is 1150. The molecular weight excluding hydrogens is 438 g/mol. The van der Waals surface area contributed by atoms with E-state index in [0.29, 0.717) is 39.7 Å². The van der Waals surface area contributed by atoms with Gasteiger partial charge in [-0.2, -0.15) is 5.10 Å². The lowest BCUT2D eigenvalue weighted by Gasteiger charge is -2.19. The lowest BCUT2D eigenvalue weighted by Crippen LogP contribution is -2.28. The normalized spacial score (nSPS) is 15.9. The van der Waals surface area contributed by atoms with Gasteiger partial charge in [-0.15, -0.1) is 10.2 Å². The maximum Gasteiger partial charge on any atom is 0.253 e. The molecule has 0 aromatic carbocycles. The summed E-state index contributed by atoms with van der Waals surface area (Å²) in [5, 5.41) is 18.1. The number of hydrogen-bond acceptors (Lipinski definition) is 10. The van der Waals surface area contributed by atoms with E-state index >= 15 is 0 Å². The highest BCUT2D eigenvalue weighted by atomic mass is 32.2. The second-order valence-electron chi connectivity index (χ2n) is 6.59. The minimum Gasteiger partial charge on any atom is -0.467 e. The maximum absolute atomic E-state index is 13.0. The Balaban J connectivity index is 1.23. The second-order valence-corrected chi connectivity index (χ2v) is 8.79. The summed E-state index contributed by atoms with van der Waals surface area (Å²) in [6, 6.07) is 10.7. The maximum atomic E-state index is 13.0. The van der Waals surface area contributed by atoms with Crippen LogP contribution < -0.4 is 5.32 Å². The van der Waals surface area contributed by atoms with Crippen LogP contribution in [0.5, 0.6) is 0 Å². The lowest BCUT2D eigenvalue weighted by molar-refractivity contribution is -0.130. The summed E-state index contributed by atoms with van der Waals surface area (Å²) in [5.41, 5.74) is 0.713. The van der Waals surface area contributed by atoms with E-state index in [1.165, 1.54) is 28.1 Å². The lowest BCUT2D eigenvalue weighted by atomic mass is 10.1. The topological polar surface area (TPSA) is 110 Å². The highest BCUT2D eigenvalue weighted by molar-refractivity contribution is 8.01. The van der Waals surface area contributed by atoms with Gasteiger partial charge >= 0.3 is 0 Å². The van der Waals surface area contributed by atoms with Crippen LogP contribution in [0, 0.1) is 0 Å². The Labute approximate surface area is 185 Å². The predicted molar refractivity (Wildman–Crippen MR) is 115 cm³/mol. The van der Waals surface area contributed by atoms with Crippen molar-refractivity contribution in [1.29, 1.82) is 0 Å². The minimum absolute atomic E-state index is 0.145. The van der Waals surface area contributed by atoms with Gasteiger partial charge in [-0.25, -0.2) is 5.01 Å². The Kier molecular flexibility index (Phi) is 5.59. The van der Waals surface area contributed by atoms with Crippen LogP contribution in [0.25, 0.3) is 0 Å². The van der Waals surface area contributed by atoms with Gasteiger partial charge in [0.05, 0.1) is 31.1 Å². The predicted octanol–water partition coefficient (Wildman–Crippen LogP) is 4.40. The Morgan fingerprint density at radius 2 is 1.97 bits per heavy atom. The molecule has 4 aromatic heterocycles. The number of thioether (sulfide) groups is 1. The summed E-state index contributed by atoms with van der Waals surface area (Å²) in [4.78, 5) is 13.0. The van der Waals surface area contributed by atoms with E-state index < -0.39 is 0 Å². The van der Waals surface area contributed by atoms with Gasteiger partial charge in [-0.1, -0.05) is 23.1 Å². The standard InChI is InChI=1S/C20H17N5O4S2/c26-18(12-30-20-23-22-19(31-20)21-11-13-4-1-7-27-13)25-15(17-6-3-9-29-17)10-14(24-25)16-5-2-8-28-16/h1-9,15H,10-12H2,(H,21,22). The summed E-state index contributed by atoms with van der Waals surface area (Å²) in [5.74, 6) is 2.18. The smallest absolute Gasteiger partial charge is 0.253 e. The number of furan rings is 3. The summed E-state index contributed by atoms with van der Waals surface area (Å²) in [6.07, 6.45) is 5.33. The molecule has 31 heavy (non-hydrogen) atoms. The zero-order valence-corrected chi connectivity index (χ0v) is 17.8. The molecule has 158 valence electrons. The van der Waals surface area contributed by atoms with E-state index in [2.05, 4.69) is 20.6 Å². The molecule has 0 saturated heterocycles. The molecule has 1 amide bonds. The van der Waals surface area contributed by atoms with Gasteiger partial charge in [0.15, 0.2) is 4.34 Å². The molecule has 1 unspecified atom stereocenters. The molecule has 1 atom stereocenters. The van der Waals surface area contributed by atoms with Crippen LogP contribution in [0.1, 0.15) is 29.7 Å². The van der Waals surface area contributed by atoms with Crippen molar-refractivity contribution in [2.75, 3.05) is 11.1 Å². The SMILES string of the molecule is O=C(CSc1nnc(NCc2ccco2)s1)N1N=C(c2ccco2)CC1c1ccco1. The first kappa shape index (κ1) is 19.6. The monoisotopic (exact) mass is 455 g/mol. The van der Waals surface area contributed by atoms with E-state index in [4.69, 9.17) is 13.3 Å².